The molecule has 2 N–H and O–H groups in total. The second kappa shape index (κ2) is 9.94. The summed E-state index contributed by atoms with van der Waals surface area (Å²) in [6.07, 6.45) is 0.105. The first-order valence-corrected chi connectivity index (χ1v) is 12.2. The lowest BCUT2D eigenvalue weighted by Gasteiger charge is -2.21. The van der Waals surface area contributed by atoms with Crippen molar-refractivity contribution in [3.63, 3.8) is 0 Å². The largest absolute Gasteiger partial charge is 0.322 e. The van der Waals surface area contributed by atoms with Gasteiger partial charge >= 0.3 is 0 Å². The van der Waals surface area contributed by atoms with Gasteiger partial charge in [-0.05, 0) is 62.1 Å². The topological polar surface area (TPSA) is 75.3 Å². The van der Waals surface area contributed by atoms with Crippen LogP contribution in [0.2, 0.25) is 0 Å². The summed E-state index contributed by atoms with van der Waals surface area (Å²) >= 11 is 3.18. The molecule has 168 valence electrons. The first-order valence-electron chi connectivity index (χ1n) is 9.97. The first-order chi connectivity index (χ1) is 15.1. The Balaban J connectivity index is 1.94. The van der Waals surface area contributed by atoms with Crippen molar-refractivity contribution in [1.82, 2.24) is 4.72 Å². The minimum Gasteiger partial charge on any atom is -0.322 e. The molecule has 0 aliphatic rings. The second-order valence-corrected chi connectivity index (χ2v) is 10.3. The number of benzene rings is 3. The van der Waals surface area contributed by atoms with Gasteiger partial charge in [-0.1, -0.05) is 64.0 Å². The number of anilines is 1. The van der Waals surface area contributed by atoms with Crippen molar-refractivity contribution in [3.05, 3.63) is 93.2 Å². The predicted molar refractivity (Wildman–Crippen MR) is 128 cm³/mol. The van der Waals surface area contributed by atoms with Gasteiger partial charge in [0.25, 0.3) is 0 Å². The molecular formula is C24H24BrFN2O3S. The van der Waals surface area contributed by atoms with Gasteiger partial charge in [-0.25, -0.2) is 12.8 Å². The van der Waals surface area contributed by atoms with Crippen LogP contribution in [-0.2, 0) is 21.2 Å². The number of hydrogen-bond donors (Lipinski definition) is 2. The molecule has 0 fully saturated rings. The summed E-state index contributed by atoms with van der Waals surface area (Å²) in [4.78, 5) is 13.2. The van der Waals surface area contributed by atoms with Gasteiger partial charge in [0.2, 0.25) is 15.9 Å². The molecule has 0 aliphatic heterocycles. The molecule has 1 amide bonds. The molecule has 0 saturated heterocycles. The van der Waals surface area contributed by atoms with Crippen molar-refractivity contribution in [3.8, 4) is 0 Å². The van der Waals surface area contributed by atoms with Crippen LogP contribution >= 0.6 is 15.9 Å². The van der Waals surface area contributed by atoms with Gasteiger partial charge in [0.15, 0.2) is 0 Å². The average molecular weight is 519 g/mol. The van der Waals surface area contributed by atoms with Crippen molar-refractivity contribution in [2.45, 2.75) is 38.1 Å². The molecule has 8 heteroatoms. The molecule has 3 aromatic rings. The second-order valence-electron chi connectivity index (χ2n) is 7.70. The maximum Gasteiger partial charge on any atom is 0.242 e. The fourth-order valence-corrected chi connectivity index (χ4v) is 5.67. The summed E-state index contributed by atoms with van der Waals surface area (Å²) in [5.74, 6) is -1.28. The lowest BCUT2D eigenvalue weighted by atomic mass is 10.1. The van der Waals surface area contributed by atoms with Crippen molar-refractivity contribution in [2.75, 3.05) is 5.32 Å². The molecule has 0 spiro atoms. The third-order valence-electron chi connectivity index (χ3n) is 4.96. The number of amides is 1. The normalized spacial score (nSPS) is 12.4. The summed E-state index contributed by atoms with van der Waals surface area (Å²) in [6, 6.07) is 15.7. The van der Waals surface area contributed by atoms with Crippen LogP contribution in [0.5, 0.6) is 0 Å². The molecule has 0 aromatic heterocycles. The number of rotatable bonds is 7. The van der Waals surface area contributed by atoms with E-state index in [1.54, 1.807) is 44.2 Å². The van der Waals surface area contributed by atoms with Crippen LogP contribution in [0.25, 0.3) is 0 Å². The minimum absolute atomic E-state index is 0.0295. The number of aryl methyl sites for hydroxylation is 3. The predicted octanol–water partition coefficient (Wildman–Crippen LogP) is 5.04. The Kier molecular flexibility index (Phi) is 7.48. The molecule has 5 nitrogen and oxygen atoms in total. The van der Waals surface area contributed by atoms with Crippen molar-refractivity contribution >= 4 is 37.5 Å². The zero-order chi connectivity index (χ0) is 23.5. The van der Waals surface area contributed by atoms with E-state index in [1.165, 1.54) is 12.1 Å². The van der Waals surface area contributed by atoms with Crippen molar-refractivity contribution < 1.29 is 17.6 Å². The monoisotopic (exact) mass is 518 g/mol. The molecule has 3 aromatic carbocycles. The summed E-state index contributed by atoms with van der Waals surface area (Å²) in [5, 5.41) is 2.51. The Hall–Kier alpha value is -2.55. The highest BCUT2D eigenvalue weighted by molar-refractivity contribution is 9.10. The molecule has 3 rings (SSSR count). The standard InChI is InChI=1S/C24H24BrFN2O3S/c1-15-11-16(2)23(17(3)12-15)32(30,31)28-22(13-18-7-5-4-6-8-18)24(29)27-21-10-9-19(25)14-20(21)26/h4-12,14,22,28H,13H2,1-3H3,(H,27,29)/t22-/m1/s1. The molecule has 0 aliphatic carbocycles. The van der Waals surface area contributed by atoms with Gasteiger partial charge < -0.3 is 5.32 Å². The van der Waals surface area contributed by atoms with Crippen LogP contribution in [0.3, 0.4) is 0 Å². The lowest BCUT2D eigenvalue weighted by molar-refractivity contribution is -0.117. The number of hydrogen-bond acceptors (Lipinski definition) is 3. The first kappa shape index (κ1) is 24.1. The third-order valence-corrected chi connectivity index (χ3v) is 7.23. The Morgan fingerprint density at radius 3 is 2.22 bits per heavy atom. The van der Waals surface area contributed by atoms with Gasteiger partial charge in [0.1, 0.15) is 11.9 Å². The van der Waals surface area contributed by atoms with E-state index >= 15 is 0 Å². The highest BCUT2D eigenvalue weighted by Gasteiger charge is 2.29. The SMILES string of the molecule is Cc1cc(C)c(S(=O)(=O)N[C@H](Cc2ccccc2)C(=O)Nc2ccc(Br)cc2F)c(C)c1. The quantitative estimate of drug-likeness (QED) is 0.459. The minimum atomic E-state index is -4.02. The summed E-state index contributed by atoms with van der Waals surface area (Å²) in [7, 11) is -4.02. The molecule has 0 unspecified atom stereocenters. The maximum absolute atomic E-state index is 14.3. The van der Waals surface area contributed by atoms with Crippen LogP contribution in [-0.4, -0.2) is 20.4 Å². The zero-order valence-corrected chi connectivity index (χ0v) is 20.3. The van der Waals surface area contributed by atoms with Gasteiger partial charge in [-0.15, -0.1) is 0 Å². The van der Waals surface area contributed by atoms with E-state index in [4.69, 9.17) is 0 Å². The Morgan fingerprint density at radius 2 is 1.62 bits per heavy atom. The fourth-order valence-electron chi connectivity index (χ4n) is 3.69. The van der Waals surface area contributed by atoms with Gasteiger partial charge in [-0.3, -0.25) is 4.79 Å². The summed E-state index contributed by atoms with van der Waals surface area (Å²) < 4.78 is 43.9. The number of carbonyl (C=O) groups excluding carboxylic acids is 1. The molecule has 1 atom stereocenters. The maximum atomic E-state index is 14.3. The summed E-state index contributed by atoms with van der Waals surface area (Å²) in [6.45, 7) is 5.33. The van der Waals surface area contributed by atoms with E-state index in [9.17, 15) is 17.6 Å². The van der Waals surface area contributed by atoms with Crippen LogP contribution in [0, 0.1) is 26.6 Å². The van der Waals surface area contributed by atoms with E-state index in [2.05, 4.69) is 26.0 Å². The molecule has 0 radical (unpaired) electrons. The number of nitrogens with one attached hydrogen (secondary N) is 2. The van der Waals surface area contributed by atoms with Crippen LogP contribution in [0.4, 0.5) is 10.1 Å². The van der Waals surface area contributed by atoms with Gasteiger partial charge in [0.05, 0.1) is 10.6 Å². The smallest absolute Gasteiger partial charge is 0.242 e. The van der Waals surface area contributed by atoms with E-state index in [0.717, 1.165) is 11.1 Å². The van der Waals surface area contributed by atoms with Crippen molar-refractivity contribution in [1.29, 1.82) is 0 Å². The fraction of sp³-hybridized carbons (Fsp3) is 0.208. The molecular weight excluding hydrogens is 495 g/mol. The van der Waals surface area contributed by atoms with Gasteiger partial charge in [-0.2, -0.15) is 4.72 Å². The van der Waals surface area contributed by atoms with E-state index in [0.29, 0.717) is 15.6 Å². The van der Waals surface area contributed by atoms with Crippen LogP contribution < -0.4 is 10.0 Å². The lowest BCUT2D eigenvalue weighted by Crippen LogP contribution is -2.45. The number of halogens is 2. The van der Waals surface area contributed by atoms with E-state index in [-0.39, 0.29) is 17.0 Å². The third kappa shape index (κ3) is 5.82. The highest BCUT2D eigenvalue weighted by atomic mass is 79.9. The molecule has 0 saturated carbocycles. The number of carbonyl (C=O) groups is 1. The Morgan fingerprint density at radius 1 is 1.00 bits per heavy atom. The van der Waals surface area contributed by atoms with E-state index < -0.39 is 27.8 Å². The van der Waals surface area contributed by atoms with Crippen LogP contribution in [0.1, 0.15) is 22.3 Å². The van der Waals surface area contributed by atoms with Crippen molar-refractivity contribution in [2.24, 2.45) is 0 Å². The molecule has 0 bridgehead atoms. The molecule has 0 heterocycles. The summed E-state index contributed by atoms with van der Waals surface area (Å²) in [5.41, 5.74) is 2.87. The number of sulfonamides is 1. The Labute approximate surface area is 196 Å². The highest BCUT2D eigenvalue weighted by Crippen LogP contribution is 2.23. The van der Waals surface area contributed by atoms with Crippen LogP contribution in [0.15, 0.2) is 70.0 Å². The molecule has 32 heavy (non-hydrogen) atoms. The van der Waals surface area contributed by atoms with Gasteiger partial charge in [0, 0.05) is 4.47 Å². The van der Waals surface area contributed by atoms with E-state index in [1.807, 2.05) is 25.1 Å². The Bertz CT molecular complexity index is 1220. The zero-order valence-electron chi connectivity index (χ0n) is 17.9. The average Bonchev–Trinajstić information content (AvgIpc) is 2.69.